The number of hydrogen-bond acceptors (Lipinski definition) is 4. The van der Waals surface area contributed by atoms with Gasteiger partial charge in [0, 0.05) is 26.2 Å². The van der Waals surface area contributed by atoms with Gasteiger partial charge in [0.25, 0.3) is 0 Å². The molecule has 1 unspecified atom stereocenters. The van der Waals surface area contributed by atoms with E-state index < -0.39 is 10.0 Å². The summed E-state index contributed by atoms with van der Waals surface area (Å²) in [5, 5.41) is 2.84. The average Bonchev–Trinajstić information content (AvgIpc) is 2.16. The van der Waals surface area contributed by atoms with Crippen LogP contribution in [0.2, 0.25) is 0 Å². The lowest BCUT2D eigenvalue weighted by atomic mass is 10.4. The van der Waals surface area contributed by atoms with Crippen molar-refractivity contribution in [3.63, 3.8) is 0 Å². The van der Waals surface area contributed by atoms with Crippen molar-refractivity contribution in [1.29, 1.82) is 0 Å². The van der Waals surface area contributed by atoms with Gasteiger partial charge in [0.05, 0.1) is 12.4 Å². The van der Waals surface area contributed by atoms with Crippen molar-refractivity contribution in [3.05, 3.63) is 0 Å². The zero-order valence-electron chi connectivity index (χ0n) is 9.99. The van der Waals surface area contributed by atoms with Gasteiger partial charge in [-0.15, -0.1) is 0 Å². The zero-order chi connectivity index (χ0) is 11.9. The number of sulfonamides is 1. The molecule has 0 aromatic carbocycles. The van der Waals surface area contributed by atoms with E-state index in [0.29, 0.717) is 19.7 Å². The van der Waals surface area contributed by atoms with Crippen LogP contribution in [0.4, 0.5) is 0 Å². The molecule has 92 valence electrons. The molecule has 0 bridgehead atoms. The van der Waals surface area contributed by atoms with Gasteiger partial charge in [-0.05, 0) is 14.0 Å². The molecule has 0 saturated heterocycles. The summed E-state index contributed by atoms with van der Waals surface area (Å²) < 4.78 is 30.2. The summed E-state index contributed by atoms with van der Waals surface area (Å²) in [6.45, 7) is 5.06. The predicted octanol–water partition coefficient (Wildman–Crippen LogP) is -0.108. The largest absolute Gasteiger partial charge is 0.383 e. The number of ether oxygens (including phenoxy) is 1. The quantitative estimate of drug-likeness (QED) is 0.641. The van der Waals surface area contributed by atoms with Crippen LogP contribution in [0.3, 0.4) is 0 Å². The van der Waals surface area contributed by atoms with Gasteiger partial charge in [0.1, 0.15) is 0 Å². The molecular formula is C9H22N2O3S. The van der Waals surface area contributed by atoms with E-state index in [1.165, 1.54) is 4.31 Å². The van der Waals surface area contributed by atoms with Gasteiger partial charge in [-0.1, -0.05) is 6.92 Å². The van der Waals surface area contributed by atoms with Gasteiger partial charge in [-0.2, -0.15) is 4.31 Å². The van der Waals surface area contributed by atoms with Crippen molar-refractivity contribution in [2.75, 3.05) is 39.6 Å². The lowest BCUT2D eigenvalue weighted by Crippen LogP contribution is -2.43. The van der Waals surface area contributed by atoms with Gasteiger partial charge in [-0.25, -0.2) is 8.42 Å². The van der Waals surface area contributed by atoms with E-state index in [1.807, 2.05) is 13.8 Å². The molecule has 0 aromatic rings. The molecule has 5 nitrogen and oxygen atoms in total. The second kappa shape index (κ2) is 7.16. The molecule has 6 heteroatoms. The van der Waals surface area contributed by atoms with Crippen molar-refractivity contribution in [2.24, 2.45) is 0 Å². The number of nitrogens with zero attached hydrogens (tertiary/aromatic N) is 1. The minimum absolute atomic E-state index is 0.109. The van der Waals surface area contributed by atoms with Gasteiger partial charge in [0.2, 0.25) is 10.0 Å². The molecule has 0 aliphatic rings. The van der Waals surface area contributed by atoms with Crippen LogP contribution in [0.5, 0.6) is 0 Å². The minimum Gasteiger partial charge on any atom is -0.383 e. The van der Waals surface area contributed by atoms with E-state index >= 15 is 0 Å². The van der Waals surface area contributed by atoms with Crippen molar-refractivity contribution in [1.82, 2.24) is 9.62 Å². The topological polar surface area (TPSA) is 58.6 Å². The molecule has 0 rings (SSSR count). The first-order valence-electron chi connectivity index (χ1n) is 5.12. The predicted molar refractivity (Wildman–Crippen MR) is 61.4 cm³/mol. The molecule has 0 radical (unpaired) electrons. The standard InChI is InChI=1S/C9H22N2O3S/c1-5-11(9(2)8-14-4)15(12,13)7-6-10-3/h9-10H,5-8H2,1-4H3. The lowest BCUT2D eigenvalue weighted by molar-refractivity contribution is 0.143. The number of nitrogens with one attached hydrogen (secondary N) is 1. The van der Waals surface area contributed by atoms with Crippen LogP contribution in [0, 0.1) is 0 Å². The molecule has 0 aliphatic heterocycles. The third-order valence-corrected chi connectivity index (χ3v) is 4.23. The molecule has 0 fully saturated rings. The van der Waals surface area contributed by atoms with E-state index in [9.17, 15) is 8.42 Å². The summed E-state index contributed by atoms with van der Waals surface area (Å²) >= 11 is 0. The van der Waals surface area contributed by atoms with Crippen LogP contribution in [0.1, 0.15) is 13.8 Å². The maximum absolute atomic E-state index is 11.9. The molecular weight excluding hydrogens is 216 g/mol. The van der Waals surface area contributed by atoms with Gasteiger partial charge < -0.3 is 10.1 Å². The molecule has 0 aliphatic carbocycles. The number of methoxy groups -OCH3 is 1. The Morgan fingerprint density at radius 2 is 2.07 bits per heavy atom. The molecule has 1 atom stereocenters. The molecule has 0 amide bonds. The highest BCUT2D eigenvalue weighted by atomic mass is 32.2. The van der Waals surface area contributed by atoms with Crippen molar-refractivity contribution < 1.29 is 13.2 Å². The molecule has 15 heavy (non-hydrogen) atoms. The highest BCUT2D eigenvalue weighted by Crippen LogP contribution is 2.07. The van der Waals surface area contributed by atoms with Gasteiger partial charge >= 0.3 is 0 Å². The first-order chi connectivity index (χ1) is 6.99. The maximum atomic E-state index is 11.9. The lowest BCUT2D eigenvalue weighted by Gasteiger charge is -2.26. The van der Waals surface area contributed by atoms with Crippen LogP contribution < -0.4 is 5.32 Å². The smallest absolute Gasteiger partial charge is 0.215 e. The summed E-state index contributed by atoms with van der Waals surface area (Å²) in [5.74, 6) is 0.130. The number of hydrogen-bond donors (Lipinski definition) is 1. The van der Waals surface area contributed by atoms with Gasteiger partial charge in [0.15, 0.2) is 0 Å². The summed E-state index contributed by atoms with van der Waals surface area (Å²) in [5.41, 5.74) is 0. The fourth-order valence-electron chi connectivity index (χ4n) is 1.46. The first kappa shape index (κ1) is 14.8. The molecule has 0 aromatic heterocycles. The second-order valence-corrected chi connectivity index (χ2v) is 5.47. The Kier molecular flexibility index (Phi) is 7.08. The molecule has 0 saturated carbocycles. The summed E-state index contributed by atoms with van der Waals surface area (Å²) in [4.78, 5) is 0. The van der Waals surface area contributed by atoms with Crippen molar-refractivity contribution in [2.45, 2.75) is 19.9 Å². The SMILES string of the molecule is CCN(C(C)COC)S(=O)(=O)CCNC. The van der Waals surface area contributed by atoms with Crippen LogP contribution in [0.25, 0.3) is 0 Å². The zero-order valence-corrected chi connectivity index (χ0v) is 10.8. The molecule has 1 N–H and O–H groups in total. The Balaban J connectivity index is 4.50. The summed E-state index contributed by atoms with van der Waals surface area (Å²) in [7, 11) is 0.149. The first-order valence-corrected chi connectivity index (χ1v) is 6.73. The summed E-state index contributed by atoms with van der Waals surface area (Å²) in [6, 6.07) is -0.109. The third kappa shape index (κ3) is 4.92. The fourth-order valence-corrected chi connectivity index (χ4v) is 3.15. The Hall–Kier alpha value is -0.170. The van der Waals surface area contributed by atoms with E-state index in [2.05, 4.69) is 5.32 Å². The Morgan fingerprint density at radius 1 is 1.47 bits per heavy atom. The Bertz CT molecular complexity index is 254. The highest BCUT2D eigenvalue weighted by Gasteiger charge is 2.24. The minimum atomic E-state index is -3.17. The highest BCUT2D eigenvalue weighted by molar-refractivity contribution is 7.89. The Labute approximate surface area is 92.8 Å². The van der Waals surface area contributed by atoms with Gasteiger partial charge in [-0.3, -0.25) is 0 Å². The van der Waals surface area contributed by atoms with Crippen molar-refractivity contribution >= 4 is 10.0 Å². The molecule has 0 heterocycles. The number of rotatable bonds is 8. The van der Waals surface area contributed by atoms with Crippen LogP contribution in [-0.2, 0) is 14.8 Å². The van der Waals surface area contributed by atoms with E-state index in [-0.39, 0.29) is 11.8 Å². The van der Waals surface area contributed by atoms with Crippen molar-refractivity contribution in [3.8, 4) is 0 Å². The van der Waals surface area contributed by atoms with E-state index in [4.69, 9.17) is 4.74 Å². The van der Waals surface area contributed by atoms with Crippen LogP contribution >= 0.6 is 0 Å². The fraction of sp³-hybridized carbons (Fsp3) is 1.00. The molecule has 0 spiro atoms. The maximum Gasteiger partial charge on any atom is 0.215 e. The normalized spacial score (nSPS) is 14.5. The van der Waals surface area contributed by atoms with Crippen LogP contribution in [0.15, 0.2) is 0 Å². The number of likely N-dealkylation sites (N-methyl/N-ethyl adjacent to an activating group) is 1. The monoisotopic (exact) mass is 238 g/mol. The van der Waals surface area contributed by atoms with E-state index in [1.54, 1.807) is 14.2 Å². The second-order valence-electron chi connectivity index (χ2n) is 3.43. The van der Waals surface area contributed by atoms with E-state index in [0.717, 1.165) is 0 Å². The average molecular weight is 238 g/mol. The van der Waals surface area contributed by atoms with Crippen LogP contribution in [-0.4, -0.2) is 58.4 Å². The third-order valence-electron chi connectivity index (χ3n) is 2.18. The Morgan fingerprint density at radius 3 is 2.47 bits per heavy atom. The summed E-state index contributed by atoms with van der Waals surface area (Å²) in [6.07, 6.45) is 0.